The van der Waals surface area contributed by atoms with Gasteiger partial charge in [0.15, 0.2) is 0 Å². The third-order valence-electron chi connectivity index (χ3n) is 4.07. The molecule has 1 fully saturated rings. The van der Waals surface area contributed by atoms with Crippen LogP contribution >= 0.6 is 11.6 Å². The van der Waals surface area contributed by atoms with Crippen molar-refractivity contribution in [2.24, 2.45) is 0 Å². The van der Waals surface area contributed by atoms with Gasteiger partial charge in [-0.05, 0) is 17.7 Å². The molecule has 2 rings (SSSR count). The molecule has 0 aromatic heterocycles. The molecule has 25 heavy (non-hydrogen) atoms. The first kappa shape index (κ1) is 25.5. The van der Waals surface area contributed by atoms with Crippen LogP contribution in [0, 0.1) is 0 Å². The van der Waals surface area contributed by atoms with Gasteiger partial charge in [-0.3, -0.25) is 0 Å². The molecular formula is C16H22BrClMgO6. The fraction of sp³-hybridized carbons (Fsp3) is 0.625. The molecule has 0 bridgehead atoms. The van der Waals surface area contributed by atoms with Crippen LogP contribution in [0.4, 0.5) is 0 Å². The van der Waals surface area contributed by atoms with E-state index in [0.717, 1.165) is 0 Å². The van der Waals surface area contributed by atoms with Gasteiger partial charge in [0.05, 0.1) is 6.61 Å². The van der Waals surface area contributed by atoms with Gasteiger partial charge in [0.2, 0.25) is 0 Å². The fourth-order valence-electron chi connectivity index (χ4n) is 3.00. The van der Waals surface area contributed by atoms with Gasteiger partial charge in [0, 0.05) is 39.2 Å². The van der Waals surface area contributed by atoms with Crippen LogP contribution in [-0.4, -0.2) is 82.5 Å². The van der Waals surface area contributed by atoms with E-state index in [2.05, 4.69) is 0 Å². The van der Waals surface area contributed by atoms with E-state index in [4.69, 9.17) is 35.3 Å². The summed E-state index contributed by atoms with van der Waals surface area (Å²) in [5.74, 6) is -1.96. The van der Waals surface area contributed by atoms with Gasteiger partial charge < -0.3 is 45.8 Å². The molecule has 1 saturated heterocycles. The minimum Gasteiger partial charge on any atom is -1.00 e. The predicted octanol–water partition coefficient (Wildman–Crippen LogP) is -2.43. The number of rotatable bonds is 6. The van der Waals surface area contributed by atoms with Gasteiger partial charge in [-0.1, -0.05) is 23.7 Å². The van der Waals surface area contributed by atoms with Crippen LogP contribution in [0.1, 0.15) is 5.56 Å². The summed E-state index contributed by atoms with van der Waals surface area (Å²) in [4.78, 5) is 0. The van der Waals surface area contributed by atoms with Crippen LogP contribution in [-0.2, 0) is 29.5 Å². The molecule has 0 saturated carbocycles. The van der Waals surface area contributed by atoms with Crippen molar-refractivity contribution in [2.45, 2.75) is 30.2 Å². The minimum atomic E-state index is -1.96. The van der Waals surface area contributed by atoms with Crippen molar-refractivity contribution in [3.63, 3.8) is 0 Å². The molecule has 0 radical (unpaired) electrons. The third kappa shape index (κ3) is 5.28. The van der Waals surface area contributed by atoms with Crippen LogP contribution in [0.15, 0.2) is 24.3 Å². The Hall–Kier alpha value is 0.516. The first-order valence-corrected chi connectivity index (χ1v) is 7.61. The van der Waals surface area contributed by atoms with E-state index in [-0.39, 0.29) is 46.6 Å². The number of halogens is 2. The van der Waals surface area contributed by atoms with Crippen molar-refractivity contribution in [1.82, 2.24) is 0 Å². The summed E-state index contributed by atoms with van der Waals surface area (Å²) >= 11 is 5.91. The molecule has 9 heteroatoms. The number of benzene rings is 1. The molecular weight excluding hydrogens is 428 g/mol. The summed E-state index contributed by atoms with van der Waals surface area (Å²) in [6, 6.07) is 6.54. The Morgan fingerprint density at radius 3 is 2.04 bits per heavy atom. The molecule has 1 aromatic carbocycles. The molecule has 6 nitrogen and oxygen atoms in total. The predicted molar refractivity (Wildman–Crippen MR) is 88.0 cm³/mol. The Morgan fingerprint density at radius 2 is 1.60 bits per heavy atom. The van der Waals surface area contributed by atoms with Crippen LogP contribution in [0.2, 0.25) is 5.02 Å². The zero-order chi connectivity index (χ0) is 17.0. The first-order chi connectivity index (χ1) is 11.0. The second kappa shape index (κ2) is 11.4. The monoisotopic (exact) mass is 448 g/mol. The molecule has 0 spiro atoms. The summed E-state index contributed by atoms with van der Waals surface area (Å²) in [5, 5.41) is 14.1. The number of methoxy groups -OCH3 is 4. The van der Waals surface area contributed by atoms with Gasteiger partial charge in [-0.15, -0.1) is 0 Å². The van der Waals surface area contributed by atoms with Gasteiger partial charge in [0.25, 0.3) is 0 Å². The van der Waals surface area contributed by atoms with Crippen LogP contribution in [0.25, 0.3) is 0 Å². The summed E-state index contributed by atoms with van der Waals surface area (Å²) in [5.41, 5.74) is 0.409. The largest absolute Gasteiger partial charge is 2.00 e. The van der Waals surface area contributed by atoms with Gasteiger partial charge in [-0.25, -0.2) is 0 Å². The fourth-order valence-corrected chi connectivity index (χ4v) is 3.13. The second-order valence-corrected chi connectivity index (χ2v) is 5.78. The summed E-state index contributed by atoms with van der Waals surface area (Å²) in [6.45, 7) is 0.201. The summed E-state index contributed by atoms with van der Waals surface area (Å²) in [6.07, 6.45) is -2.58. The molecule has 1 heterocycles. The second-order valence-electron chi connectivity index (χ2n) is 5.34. The van der Waals surface area contributed by atoms with Crippen LogP contribution < -0.4 is 22.1 Å². The minimum absolute atomic E-state index is 0. The number of hydrogen-bond acceptors (Lipinski definition) is 6. The van der Waals surface area contributed by atoms with Gasteiger partial charge in [-0.2, -0.15) is 0 Å². The average Bonchev–Trinajstić information content (AvgIpc) is 2.55. The van der Waals surface area contributed by atoms with Crippen molar-refractivity contribution in [3.05, 3.63) is 34.9 Å². The van der Waals surface area contributed by atoms with Crippen molar-refractivity contribution >= 4 is 34.7 Å². The molecule has 1 aliphatic heterocycles. The summed E-state index contributed by atoms with van der Waals surface area (Å²) in [7, 11) is 6.04. The van der Waals surface area contributed by atoms with Gasteiger partial charge in [0.1, 0.15) is 24.4 Å². The Labute approximate surface area is 180 Å². The molecule has 1 aliphatic rings. The van der Waals surface area contributed by atoms with Crippen LogP contribution in [0.3, 0.4) is 0 Å². The standard InChI is InChI=1S/C16H22ClO6.BrH.Mg/c1-19-9-12-13(20-2)14(21-3)15(22-4)16(18,23-12)10-5-7-11(17)8-6-10;;/h5-8,12-15H,9H2,1-4H3;1H;/q-1;;+2/p-1. The maximum atomic E-state index is 13.5. The SMILES string of the molecule is COCC1OC([O-])(c2ccc(Cl)cc2)C(OC)C(OC)C1OC.[Br-].[Mg+2]. The van der Waals surface area contributed by atoms with Crippen molar-refractivity contribution in [2.75, 3.05) is 35.0 Å². The van der Waals surface area contributed by atoms with E-state index in [1.807, 2.05) is 0 Å². The Kier molecular flexibility index (Phi) is 11.6. The van der Waals surface area contributed by atoms with E-state index < -0.39 is 30.2 Å². The third-order valence-corrected chi connectivity index (χ3v) is 4.32. The van der Waals surface area contributed by atoms with E-state index in [9.17, 15) is 5.11 Å². The maximum absolute atomic E-state index is 13.5. The molecule has 0 amide bonds. The van der Waals surface area contributed by atoms with E-state index in [1.165, 1.54) is 28.4 Å². The Balaban J connectivity index is 0.00000288. The van der Waals surface area contributed by atoms with E-state index in [1.54, 1.807) is 24.3 Å². The normalized spacial score (nSPS) is 31.8. The molecule has 5 unspecified atom stereocenters. The molecule has 0 aliphatic carbocycles. The zero-order valence-electron chi connectivity index (χ0n) is 14.7. The first-order valence-electron chi connectivity index (χ1n) is 7.23. The van der Waals surface area contributed by atoms with Gasteiger partial charge >= 0.3 is 23.1 Å². The smallest absolute Gasteiger partial charge is 1.00 e. The Morgan fingerprint density at radius 1 is 1.04 bits per heavy atom. The van der Waals surface area contributed by atoms with Crippen molar-refractivity contribution in [3.8, 4) is 0 Å². The maximum Gasteiger partial charge on any atom is 2.00 e. The molecule has 0 N–H and O–H groups in total. The number of hydrogen-bond donors (Lipinski definition) is 0. The summed E-state index contributed by atoms with van der Waals surface area (Å²) < 4.78 is 27.4. The average molecular weight is 450 g/mol. The topological polar surface area (TPSA) is 69.2 Å². The zero-order valence-corrected chi connectivity index (χ0v) is 18.5. The molecule has 5 atom stereocenters. The van der Waals surface area contributed by atoms with Crippen molar-refractivity contribution in [1.29, 1.82) is 0 Å². The van der Waals surface area contributed by atoms with E-state index in [0.29, 0.717) is 10.6 Å². The quantitative estimate of drug-likeness (QED) is 0.450. The molecule has 1 aromatic rings. The Bertz CT molecular complexity index is 508. The van der Waals surface area contributed by atoms with Crippen LogP contribution in [0.5, 0.6) is 0 Å². The van der Waals surface area contributed by atoms with E-state index >= 15 is 0 Å². The number of ether oxygens (including phenoxy) is 5. The van der Waals surface area contributed by atoms with Crippen molar-refractivity contribution < 1.29 is 45.8 Å². The molecule has 138 valence electrons.